The first-order valence-electron chi connectivity index (χ1n) is 7.40. The number of anilines is 1. The molecule has 0 aliphatic rings. The Balaban J connectivity index is 2.07. The van der Waals surface area contributed by atoms with E-state index in [1.54, 1.807) is 18.2 Å². The molecule has 5 nitrogen and oxygen atoms in total. The van der Waals surface area contributed by atoms with Crippen LogP contribution in [0.4, 0.5) is 11.4 Å². The highest BCUT2D eigenvalue weighted by Gasteiger charge is 2.16. The molecule has 0 heterocycles. The third-order valence-electron chi connectivity index (χ3n) is 3.57. The van der Waals surface area contributed by atoms with E-state index < -0.39 is 4.92 Å². The van der Waals surface area contributed by atoms with Gasteiger partial charge in [0.15, 0.2) is 0 Å². The van der Waals surface area contributed by atoms with Gasteiger partial charge in [0.1, 0.15) is 0 Å². The Hall–Kier alpha value is -2.69. The van der Waals surface area contributed by atoms with E-state index in [0.29, 0.717) is 11.3 Å². The number of nitro groups is 1. The standard InChI is InChI=1S/C18H20N2O3/c1-18(2,3)14-8-10-15(11-9-14)19-17(21)12-13-6-4-5-7-16(13)20(22)23/h4-11H,12H2,1-3H3,(H,19,21). The van der Waals surface area contributed by atoms with E-state index in [1.807, 2.05) is 24.3 Å². The van der Waals surface area contributed by atoms with E-state index in [0.717, 1.165) is 0 Å². The summed E-state index contributed by atoms with van der Waals surface area (Å²) in [5, 5.41) is 13.7. The number of nitrogens with one attached hydrogen (secondary N) is 1. The van der Waals surface area contributed by atoms with Crippen molar-refractivity contribution in [3.05, 3.63) is 69.8 Å². The predicted molar refractivity (Wildman–Crippen MR) is 90.6 cm³/mol. The predicted octanol–water partition coefficient (Wildman–Crippen LogP) is 4.07. The summed E-state index contributed by atoms with van der Waals surface area (Å²) in [4.78, 5) is 22.6. The lowest BCUT2D eigenvalue weighted by atomic mass is 9.87. The smallest absolute Gasteiger partial charge is 0.273 e. The minimum atomic E-state index is -0.471. The monoisotopic (exact) mass is 312 g/mol. The van der Waals surface area contributed by atoms with E-state index in [4.69, 9.17) is 0 Å². The molecule has 0 aliphatic heterocycles. The number of amides is 1. The fraction of sp³-hybridized carbons (Fsp3) is 0.278. The SMILES string of the molecule is CC(C)(C)c1ccc(NC(=O)Cc2ccccc2[N+](=O)[O-])cc1. The van der Waals surface area contributed by atoms with Crippen molar-refractivity contribution in [2.24, 2.45) is 0 Å². The summed E-state index contributed by atoms with van der Waals surface area (Å²) < 4.78 is 0. The summed E-state index contributed by atoms with van der Waals surface area (Å²) >= 11 is 0. The van der Waals surface area contributed by atoms with E-state index in [-0.39, 0.29) is 23.4 Å². The zero-order chi connectivity index (χ0) is 17.0. The van der Waals surface area contributed by atoms with Crippen LogP contribution in [0.2, 0.25) is 0 Å². The van der Waals surface area contributed by atoms with Gasteiger partial charge < -0.3 is 5.32 Å². The Morgan fingerprint density at radius 3 is 2.26 bits per heavy atom. The maximum absolute atomic E-state index is 12.1. The van der Waals surface area contributed by atoms with E-state index >= 15 is 0 Å². The number of rotatable bonds is 4. The molecule has 0 atom stereocenters. The quantitative estimate of drug-likeness (QED) is 0.683. The Kier molecular flexibility index (Phi) is 4.79. The van der Waals surface area contributed by atoms with Crippen LogP contribution in [0.25, 0.3) is 0 Å². The summed E-state index contributed by atoms with van der Waals surface area (Å²) in [7, 11) is 0. The molecule has 0 aliphatic carbocycles. The van der Waals surface area contributed by atoms with E-state index in [9.17, 15) is 14.9 Å². The Morgan fingerprint density at radius 1 is 1.09 bits per heavy atom. The number of para-hydroxylation sites is 1. The largest absolute Gasteiger partial charge is 0.326 e. The lowest BCUT2D eigenvalue weighted by Gasteiger charge is -2.19. The van der Waals surface area contributed by atoms with Crippen LogP contribution in [0.15, 0.2) is 48.5 Å². The lowest BCUT2D eigenvalue weighted by Crippen LogP contribution is -2.16. The Morgan fingerprint density at radius 2 is 1.70 bits per heavy atom. The topological polar surface area (TPSA) is 72.2 Å². The number of benzene rings is 2. The fourth-order valence-electron chi connectivity index (χ4n) is 2.27. The minimum Gasteiger partial charge on any atom is -0.326 e. The van der Waals surface area contributed by atoms with Crippen LogP contribution >= 0.6 is 0 Å². The minimum absolute atomic E-state index is 0.0296. The van der Waals surface area contributed by atoms with Gasteiger partial charge in [-0.15, -0.1) is 0 Å². The molecule has 0 aromatic heterocycles. The molecule has 5 heteroatoms. The summed E-state index contributed by atoms with van der Waals surface area (Å²) in [5.41, 5.74) is 2.27. The summed E-state index contributed by atoms with van der Waals surface area (Å²) in [6, 6.07) is 13.9. The van der Waals surface area contributed by atoms with Crippen molar-refractivity contribution in [2.75, 3.05) is 5.32 Å². The molecule has 2 rings (SSSR count). The Labute approximate surface area is 135 Å². The molecule has 0 bridgehead atoms. The fourth-order valence-corrected chi connectivity index (χ4v) is 2.27. The van der Waals surface area contributed by atoms with E-state index in [1.165, 1.54) is 11.6 Å². The second-order valence-corrected chi connectivity index (χ2v) is 6.44. The molecule has 0 spiro atoms. The first-order chi connectivity index (χ1) is 10.8. The maximum Gasteiger partial charge on any atom is 0.273 e. The summed E-state index contributed by atoms with van der Waals surface area (Å²) in [6.07, 6.45) is -0.0296. The summed E-state index contributed by atoms with van der Waals surface area (Å²) in [5.74, 6) is -0.275. The van der Waals surface area contributed by atoms with Gasteiger partial charge in [-0.2, -0.15) is 0 Å². The summed E-state index contributed by atoms with van der Waals surface area (Å²) in [6.45, 7) is 6.36. The molecule has 1 amide bonds. The molecular weight excluding hydrogens is 292 g/mol. The maximum atomic E-state index is 12.1. The highest BCUT2D eigenvalue weighted by atomic mass is 16.6. The van der Waals surface area contributed by atoms with Crippen LogP contribution < -0.4 is 5.32 Å². The molecule has 23 heavy (non-hydrogen) atoms. The van der Waals surface area contributed by atoms with Crippen molar-refractivity contribution in [1.29, 1.82) is 0 Å². The second-order valence-electron chi connectivity index (χ2n) is 6.44. The van der Waals surface area contributed by atoms with Crippen molar-refractivity contribution in [3.8, 4) is 0 Å². The third-order valence-corrected chi connectivity index (χ3v) is 3.57. The number of carbonyl (C=O) groups excluding carboxylic acids is 1. The van der Waals surface area contributed by atoms with Gasteiger partial charge in [-0.1, -0.05) is 51.1 Å². The van der Waals surface area contributed by atoms with Gasteiger partial charge in [-0.3, -0.25) is 14.9 Å². The molecule has 1 N–H and O–H groups in total. The molecule has 2 aromatic rings. The van der Waals surface area contributed by atoms with Gasteiger partial charge >= 0.3 is 0 Å². The van der Waals surface area contributed by atoms with Crippen molar-refractivity contribution >= 4 is 17.3 Å². The van der Waals surface area contributed by atoms with Crippen LogP contribution in [0.1, 0.15) is 31.9 Å². The molecule has 0 saturated carbocycles. The average molecular weight is 312 g/mol. The first kappa shape index (κ1) is 16.7. The molecule has 0 unspecified atom stereocenters. The van der Waals surface area contributed by atoms with E-state index in [2.05, 4.69) is 26.1 Å². The number of hydrogen-bond donors (Lipinski definition) is 1. The molecule has 0 fully saturated rings. The molecule has 0 radical (unpaired) electrons. The van der Waals surface area contributed by atoms with Gasteiger partial charge in [0, 0.05) is 17.3 Å². The van der Waals surface area contributed by atoms with Crippen LogP contribution in [-0.2, 0) is 16.6 Å². The molecule has 120 valence electrons. The van der Waals surface area contributed by atoms with Gasteiger partial charge in [0.2, 0.25) is 5.91 Å². The molecule has 2 aromatic carbocycles. The van der Waals surface area contributed by atoms with Crippen LogP contribution in [0, 0.1) is 10.1 Å². The van der Waals surface area contributed by atoms with Crippen LogP contribution in [-0.4, -0.2) is 10.8 Å². The zero-order valence-corrected chi connectivity index (χ0v) is 13.5. The second kappa shape index (κ2) is 6.60. The van der Waals surface area contributed by atoms with Crippen LogP contribution in [0.5, 0.6) is 0 Å². The number of carbonyl (C=O) groups is 1. The molecule has 0 saturated heterocycles. The Bertz CT molecular complexity index is 716. The van der Waals surface area contributed by atoms with Gasteiger partial charge in [-0.25, -0.2) is 0 Å². The highest BCUT2D eigenvalue weighted by molar-refractivity contribution is 5.92. The van der Waals surface area contributed by atoms with Crippen molar-refractivity contribution < 1.29 is 9.72 Å². The number of hydrogen-bond acceptors (Lipinski definition) is 3. The lowest BCUT2D eigenvalue weighted by molar-refractivity contribution is -0.385. The van der Waals surface area contributed by atoms with Crippen LogP contribution in [0.3, 0.4) is 0 Å². The average Bonchev–Trinajstić information content (AvgIpc) is 2.47. The highest BCUT2D eigenvalue weighted by Crippen LogP contribution is 2.24. The molecular formula is C18H20N2O3. The zero-order valence-electron chi connectivity index (χ0n) is 13.5. The van der Waals surface area contributed by atoms with Crippen molar-refractivity contribution in [3.63, 3.8) is 0 Å². The van der Waals surface area contributed by atoms with Gasteiger partial charge in [0.05, 0.1) is 11.3 Å². The van der Waals surface area contributed by atoms with Crippen molar-refractivity contribution in [2.45, 2.75) is 32.6 Å². The normalized spacial score (nSPS) is 11.1. The van der Waals surface area contributed by atoms with Gasteiger partial charge in [0.25, 0.3) is 5.69 Å². The number of nitro benzene ring substituents is 1. The number of nitrogens with zero attached hydrogens (tertiary/aromatic N) is 1. The van der Waals surface area contributed by atoms with Crippen molar-refractivity contribution in [1.82, 2.24) is 0 Å². The first-order valence-corrected chi connectivity index (χ1v) is 7.40. The van der Waals surface area contributed by atoms with Gasteiger partial charge in [-0.05, 0) is 23.1 Å². The third kappa shape index (κ3) is 4.39.